The van der Waals surface area contributed by atoms with Crippen molar-refractivity contribution < 1.29 is 5.11 Å². The van der Waals surface area contributed by atoms with Crippen molar-refractivity contribution in [3.8, 4) is 0 Å². The molecule has 0 radical (unpaired) electrons. The monoisotopic (exact) mass is 186 g/mol. The van der Waals surface area contributed by atoms with Crippen LogP contribution in [0.3, 0.4) is 0 Å². The topological polar surface area (TPSA) is 72.3 Å². The Balaban J connectivity index is 3.01. The van der Waals surface area contributed by atoms with Crippen molar-refractivity contribution in [2.45, 2.75) is 6.04 Å². The molecule has 1 unspecified atom stereocenters. The average molecular weight is 187 g/mol. The summed E-state index contributed by atoms with van der Waals surface area (Å²) in [7, 11) is 0. The first-order chi connectivity index (χ1) is 5.65. The van der Waals surface area contributed by atoms with Crippen molar-refractivity contribution in [1.82, 2.24) is 0 Å². The Hall–Kier alpha value is -0.770. The normalized spacial score (nSPS) is 12.9. The molecule has 0 aliphatic carbocycles. The van der Waals surface area contributed by atoms with Crippen molar-refractivity contribution in [2.24, 2.45) is 5.73 Å². The van der Waals surface area contributed by atoms with Gasteiger partial charge in [0.05, 0.1) is 12.6 Å². The van der Waals surface area contributed by atoms with E-state index in [4.69, 9.17) is 28.2 Å². The number of hydrogen-bond acceptors (Lipinski definition) is 3. The summed E-state index contributed by atoms with van der Waals surface area (Å²) < 4.78 is 0. The van der Waals surface area contributed by atoms with Crippen molar-refractivity contribution in [3.63, 3.8) is 0 Å². The van der Waals surface area contributed by atoms with Gasteiger partial charge in [0.15, 0.2) is 0 Å². The van der Waals surface area contributed by atoms with Crippen LogP contribution in [0.4, 0.5) is 5.69 Å². The first-order valence-corrected chi connectivity index (χ1v) is 3.94. The Morgan fingerprint density at radius 2 is 2.17 bits per heavy atom. The molecule has 1 aromatic carbocycles. The van der Waals surface area contributed by atoms with E-state index in [0.717, 1.165) is 5.56 Å². The summed E-state index contributed by atoms with van der Waals surface area (Å²) in [5.74, 6) is 0. The van der Waals surface area contributed by atoms with Crippen LogP contribution in [0.5, 0.6) is 0 Å². The molecule has 12 heavy (non-hydrogen) atoms. The second-order valence-corrected chi connectivity index (χ2v) is 3.00. The number of rotatable bonds is 2. The zero-order chi connectivity index (χ0) is 9.14. The Morgan fingerprint density at radius 1 is 1.50 bits per heavy atom. The average Bonchev–Trinajstić information content (AvgIpc) is 2.03. The lowest BCUT2D eigenvalue weighted by atomic mass is 10.1. The van der Waals surface area contributed by atoms with Gasteiger partial charge < -0.3 is 16.6 Å². The minimum absolute atomic E-state index is 0.119. The standard InChI is InChI=1S/C8H11ClN2O/c9-5-1-2-6(7(10)3-5)8(11)4-12/h1-3,8,12H,4,10-11H2. The highest BCUT2D eigenvalue weighted by Crippen LogP contribution is 2.22. The van der Waals surface area contributed by atoms with E-state index in [9.17, 15) is 0 Å². The lowest BCUT2D eigenvalue weighted by molar-refractivity contribution is 0.268. The summed E-state index contributed by atoms with van der Waals surface area (Å²) in [5, 5.41) is 9.34. The third kappa shape index (κ3) is 1.88. The smallest absolute Gasteiger partial charge is 0.0625 e. The Kier molecular flexibility index (Phi) is 2.92. The molecule has 66 valence electrons. The molecule has 0 bridgehead atoms. The van der Waals surface area contributed by atoms with Gasteiger partial charge in [-0.25, -0.2) is 0 Å². The molecule has 1 aromatic rings. The molecule has 0 aromatic heterocycles. The van der Waals surface area contributed by atoms with Crippen LogP contribution in [-0.4, -0.2) is 11.7 Å². The molecule has 0 fully saturated rings. The molecule has 0 aliphatic rings. The Bertz CT molecular complexity index is 278. The lowest BCUT2D eigenvalue weighted by Gasteiger charge is -2.11. The molecule has 0 heterocycles. The van der Waals surface area contributed by atoms with Gasteiger partial charge in [-0.15, -0.1) is 0 Å². The predicted octanol–water partition coefficient (Wildman–Crippen LogP) is 0.914. The Labute approximate surface area is 75.9 Å². The van der Waals surface area contributed by atoms with Crippen LogP contribution in [0.25, 0.3) is 0 Å². The summed E-state index contributed by atoms with van der Waals surface area (Å²) >= 11 is 5.68. The van der Waals surface area contributed by atoms with E-state index in [0.29, 0.717) is 10.7 Å². The number of benzene rings is 1. The van der Waals surface area contributed by atoms with Crippen LogP contribution in [0.15, 0.2) is 18.2 Å². The lowest BCUT2D eigenvalue weighted by Crippen LogP contribution is -2.16. The minimum atomic E-state index is -0.428. The molecule has 0 saturated carbocycles. The third-order valence-corrected chi connectivity index (χ3v) is 1.88. The zero-order valence-corrected chi connectivity index (χ0v) is 7.25. The van der Waals surface area contributed by atoms with E-state index in [-0.39, 0.29) is 6.61 Å². The fourth-order valence-electron chi connectivity index (χ4n) is 0.982. The first-order valence-electron chi connectivity index (χ1n) is 3.56. The maximum Gasteiger partial charge on any atom is 0.0625 e. The number of aliphatic hydroxyl groups excluding tert-OH is 1. The molecule has 1 rings (SSSR count). The second-order valence-electron chi connectivity index (χ2n) is 2.56. The van der Waals surface area contributed by atoms with Crippen molar-refractivity contribution in [3.05, 3.63) is 28.8 Å². The van der Waals surface area contributed by atoms with Gasteiger partial charge in [-0.2, -0.15) is 0 Å². The van der Waals surface area contributed by atoms with Gasteiger partial charge in [0.1, 0.15) is 0 Å². The molecule has 0 spiro atoms. The highest BCUT2D eigenvalue weighted by atomic mass is 35.5. The summed E-state index contributed by atoms with van der Waals surface area (Å²) in [4.78, 5) is 0. The van der Waals surface area contributed by atoms with Gasteiger partial charge >= 0.3 is 0 Å². The molecule has 1 atom stereocenters. The van der Waals surface area contributed by atoms with Crippen LogP contribution < -0.4 is 11.5 Å². The van der Waals surface area contributed by atoms with Crippen LogP contribution >= 0.6 is 11.6 Å². The first kappa shape index (κ1) is 9.32. The van der Waals surface area contributed by atoms with Gasteiger partial charge in [0.25, 0.3) is 0 Å². The predicted molar refractivity (Wildman–Crippen MR) is 49.9 cm³/mol. The maximum atomic E-state index is 8.77. The van der Waals surface area contributed by atoms with Crippen LogP contribution in [0.1, 0.15) is 11.6 Å². The van der Waals surface area contributed by atoms with E-state index < -0.39 is 6.04 Å². The van der Waals surface area contributed by atoms with Crippen LogP contribution in [0.2, 0.25) is 5.02 Å². The Morgan fingerprint density at radius 3 is 2.67 bits per heavy atom. The molecule has 0 amide bonds. The number of nitrogen functional groups attached to an aromatic ring is 1. The van der Waals surface area contributed by atoms with Crippen LogP contribution in [0, 0.1) is 0 Å². The van der Waals surface area contributed by atoms with E-state index in [1.54, 1.807) is 18.2 Å². The molecular formula is C8H11ClN2O. The molecule has 4 heteroatoms. The van der Waals surface area contributed by atoms with Crippen molar-refractivity contribution in [1.29, 1.82) is 0 Å². The largest absolute Gasteiger partial charge is 0.398 e. The zero-order valence-electron chi connectivity index (χ0n) is 6.50. The van der Waals surface area contributed by atoms with Crippen LogP contribution in [-0.2, 0) is 0 Å². The van der Waals surface area contributed by atoms with E-state index in [1.165, 1.54) is 0 Å². The molecule has 3 nitrogen and oxygen atoms in total. The third-order valence-electron chi connectivity index (χ3n) is 1.65. The van der Waals surface area contributed by atoms with Crippen molar-refractivity contribution in [2.75, 3.05) is 12.3 Å². The quantitative estimate of drug-likeness (QED) is 0.602. The minimum Gasteiger partial charge on any atom is -0.398 e. The highest BCUT2D eigenvalue weighted by Gasteiger charge is 2.07. The van der Waals surface area contributed by atoms with Gasteiger partial charge in [0, 0.05) is 10.7 Å². The number of nitrogens with two attached hydrogens (primary N) is 2. The molecular weight excluding hydrogens is 176 g/mol. The number of anilines is 1. The summed E-state index contributed by atoms with van der Waals surface area (Å²) in [6, 6.07) is 4.61. The van der Waals surface area contributed by atoms with Gasteiger partial charge in [0.2, 0.25) is 0 Å². The maximum absolute atomic E-state index is 8.77. The molecule has 0 saturated heterocycles. The fraction of sp³-hybridized carbons (Fsp3) is 0.250. The fourth-order valence-corrected chi connectivity index (χ4v) is 1.16. The van der Waals surface area contributed by atoms with E-state index in [1.807, 2.05) is 0 Å². The number of halogens is 1. The summed E-state index contributed by atoms with van der Waals surface area (Å²) in [6.45, 7) is -0.119. The van der Waals surface area contributed by atoms with Gasteiger partial charge in [-0.1, -0.05) is 17.7 Å². The summed E-state index contributed by atoms with van der Waals surface area (Å²) in [6.07, 6.45) is 0. The van der Waals surface area contributed by atoms with Crippen molar-refractivity contribution >= 4 is 17.3 Å². The highest BCUT2D eigenvalue weighted by molar-refractivity contribution is 6.30. The number of hydrogen-bond donors (Lipinski definition) is 3. The van der Waals surface area contributed by atoms with Gasteiger partial charge in [-0.3, -0.25) is 0 Å². The molecule has 5 N–H and O–H groups in total. The second kappa shape index (κ2) is 3.76. The van der Waals surface area contributed by atoms with Gasteiger partial charge in [-0.05, 0) is 17.7 Å². The molecule has 0 aliphatic heterocycles. The van der Waals surface area contributed by atoms with E-state index in [2.05, 4.69) is 0 Å². The number of aliphatic hydroxyl groups is 1. The summed E-state index contributed by atoms with van der Waals surface area (Å²) in [5.41, 5.74) is 12.4. The van der Waals surface area contributed by atoms with E-state index >= 15 is 0 Å². The SMILES string of the molecule is Nc1cc(Cl)ccc1C(N)CO.